The summed E-state index contributed by atoms with van der Waals surface area (Å²) in [5, 5.41) is 1.19. The predicted octanol–water partition coefficient (Wildman–Crippen LogP) is 5.93. The van der Waals surface area contributed by atoms with Crippen molar-refractivity contribution in [3.8, 4) is 17.1 Å². The van der Waals surface area contributed by atoms with Gasteiger partial charge in [-0.15, -0.1) is 0 Å². The third-order valence-corrected chi connectivity index (χ3v) is 4.68. The molecule has 0 bridgehead atoms. The first-order chi connectivity index (χ1) is 12.7. The van der Waals surface area contributed by atoms with E-state index in [4.69, 9.17) is 9.15 Å². The molecule has 0 aliphatic carbocycles. The number of rotatable bonds is 8. The van der Waals surface area contributed by atoms with Gasteiger partial charge in [0, 0.05) is 10.9 Å². The number of alkyl halides is 1. The maximum absolute atomic E-state index is 13.6. The van der Waals surface area contributed by atoms with Crippen LogP contribution in [-0.4, -0.2) is 11.9 Å². The molecule has 5 heteroatoms. The monoisotopic (exact) mass is 418 g/mol. The molecular weight excluding hydrogens is 399 g/mol. The van der Waals surface area contributed by atoms with Gasteiger partial charge in [0.05, 0.1) is 12.0 Å². The van der Waals surface area contributed by atoms with E-state index in [0.29, 0.717) is 18.0 Å². The van der Waals surface area contributed by atoms with Gasteiger partial charge >= 0.3 is 0 Å². The quantitative estimate of drug-likeness (QED) is 0.336. The smallest absolute Gasteiger partial charge is 0.235 e. The highest BCUT2D eigenvalue weighted by molar-refractivity contribution is 9.09. The summed E-state index contributed by atoms with van der Waals surface area (Å²) in [6.45, 7) is 0.424. The van der Waals surface area contributed by atoms with Crippen LogP contribution in [0.1, 0.15) is 25.7 Å². The highest BCUT2D eigenvalue weighted by atomic mass is 79.9. The number of fused-ring (bicyclic) bond motifs is 1. The summed E-state index contributed by atoms with van der Waals surface area (Å²) >= 11 is 3.41. The molecule has 0 saturated carbocycles. The zero-order chi connectivity index (χ0) is 18.4. The van der Waals surface area contributed by atoms with Crippen LogP contribution in [0.2, 0.25) is 0 Å². The molecule has 0 radical (unpaired) electrons. The van der Waals surface area contributed by atoms with Gasteiger partial charge in [-0.25, -0.2) is 4.39 Å². The molecule has 0 unspecified atom stereocenters. The van der Waals surface area contributed by atoms with E-state index in [-0.39, 0.29) is 16.6 Å². The Balaban J connectivity index is 1.95. The number of unbranched alkanes of at least 4 members (excludes halogenated alkanes) is 3. The van der Waals surface area contributed by atoms with Crippen molar-refractivity contribution >= 4 is 26.9 Å². The first-order valence-corrected chi connectivity index (χ1v) is 9.83. The van der Waals surface area contributed by atoms with Gasteiger partial charge < -0.3 is 9.15 Å². The van der Waals surface area contributed by atoms with E-state index in [1.807, 2.05) is 30.3 Å². The topological polar surface area (TPSA) is 39.4 Å². The first-order valence-electron chi connectivity index (χ1n) is 8.71. The molecule has 0 aliphatic heterocycles. The highest BCUT2D eigenvalue weighted by Gasteiger charge is 2.18. The first kappa shape index (κ1) is 18.6. The van der Waals surface area contributed by atoms with Gasteiger partial charge in [-0.1, -0.05) is 59.1 Å². The lowest BCUT2D eigenvalue weighted by Crippen LogP contribution is -2.11. The van der Waals surface area contributed by atoms with Crippen LogP contribution >= 0.6 is 15.9 Å². The average molecular weight is 419 g/mol. The van der Waals surface area contributed by atoms with Crippen molar-refractivity contribution in [3.05, 3.63) is 64.6 Å². The molecule has 1 heterocycles. The lowest BCUT2D eigenvalue weighted by molar-refractivity contribution is 0.297. The van der Waals surface area contributed by atoms with Crippen LogP contribution in [0.4, 0.5) is 4.39 Å². The van der Waals surface area contributed by atoms with E-state index in [0.717, 1.165) is 36.6 Å². The third-order valence-electron chi connectivity index (χ3n) is 4.12. The van der Waals surface area contributed by atoms with E-state index >= 15 is 0 Å². The lowest BCUT2D eigenvalue weighted by atomic mass is 10.1. The number of benzene rings is 2. The number of ether oxygens (including phenoxy) is 1. The second-order valence-electron chi connectivity index (χ2n) is 6.05. The molecule has 1 aromatic heterocycles. The number of hydrogen-bond donors (Lipinski definition) is 0. The van der Waals surface area contributed by atoms with E-state index in [1.54, 1.807) is 0 Å². The molecule has 0 N–H and O–H groups in total. The average Bonchev–Trinajstić information content (AvgIpc) is 2.67. The van der Waals surface area contributed by atoms with Gasteiger partial charge in [-0.05, 0) is 31.0 Å². The summed E-state index contributed by atoms with van der Waals surface area (Å²) in [5.41, 5.74) is 0.759. The van der Waals surface area contributed by atoms with Crippen molar-refractivity contribution < 1.29 is 13.5 Å². The highest BCUT2D eigenvalue weighted by Crippen LogP contribution is 2.31. The lowest BCUT2D eigenvalue weighted by Gasteiger charge is -2.11. The standard InChI is InChI=1S/C21H20BrFO3/c22-12-6-1-2-7-13-25-21-19(24)17-14-16(23)10-11-18(17)26-20(21)15-8-4-3-5-9-15/h3-5,8-11,14H,1-2,6-7,12-13H2. The van der Waals surface area contributed by atoms with Gasteiger partial charge in [0.1, 0.15) is 11.4 Å². The van der Waals surface area contributed by atoms with Crippen molar-refractivity contribution in [2.45, 2.75) is 25.7 Å². The second-order valence-corrected chi connectivity index (χ2v) is 6.84. The molecule has 0 spiro atoms. The van der Waals surface area contributed by atoms with Crippen molar-refractivity contribution in [1.29, 1.82) is 0 Å². The molecule has 0 aliphatic rings. The molecule has 0 amide bonds. The van der Waals surface area contributed by atoms with Gasteiger partial charge in [0.15, 0.2) is 5.76 Å². The molecule has 0 saturated heterocycles. The fourth-order valence-corrected chi connectivity index (χ4v) is 3.18. The maximum Gasteiger partial charge on any atom is 0.235 e. The van der Waals surface area contributed by atoms with Crippen LogP contribution < -0.4 is 10.2 Å². The van der Waals surface area contributed by atoms with Crippen LogP contribution in [0.3, 0.4) is 0 Å². The molecule has 2 aromatic carbocycles. The van der Waals surface area contributed by atoms with E-state index < -0.39 is 5.82 Å². The molecule has 0 fully saturated rings. The molecule has 3 nitrogen and oxygen atoms in total. The van der Waals surface area contributed by atoms with Crippen LogP contribution in [0.25, 0.3) is 22.3 Å². The van der Waals surface area contributed by atoms with Gasteiger partial charge in [-0.2, -0.15) is 0 Å². The minimum absolute atomic E-state index is 0.148. The Morgan fingerprint density at radius 1 is 1.00 bits per heavy atom. The Hall–Kier alpha value is -2.14. The molecule has 26 heavy (non-hydrogen) atoms. The zero-order valence-corrected chi connectivity index (χ0v) is 15.9. The molecule has 3 rings (SSSR count). The number of halogens is 2. The zero-order valence-electron chi connectivity index (χ0n) is 14.3. The Bertz CT molecular complexity index is 922. The summed E-state index contributed by atoms with van der Waals surface area (Å²) in [6.07, 6.45) is 4.10. The van der Waals surface area contributed by atoms with E-state index in [1.165, 1.54) is 18.2 Å². The maximum atomic E-state index is 13.6. The Kier molecular flexibility index (Phi) is 6.45. The second kappa shape index (κ2) is 8.99. The van der Waals surface area contributed by atoms with Gasteiger partial charge in [0.2, 0.25) is 11.2 Å². The predicted molar refractivity (Wildman–Crippen MR) is 106 cm³/mol. The minimum atomic E-state index is -0.474. The van der Waals surface area contributed by atoms with Crippen LogP contribution in [-0.2, 0) is 0 Å². The Labute approximate surface area is 159 Å². The van der Waals surface area contributed by atoms with E-state index in [9.17, 15) is 9.18 Å². The number of hydrogen-bond acceptors (Lipinski definition) is 3. The molecule has 3 aromatic rings. The summed E-state index contributed by atoms with van der Waals surface area (Å²) in [5.74, 6) is 0.0583. The van der Waals surface area contributed by atoms with Crippen molar-refractivity contribution in [2.75, 3.05) is 11.9 Å². The van der Waals surface area contributed by atoms with Crippen LogP contribution in [0.15, 0.2) is 57.7 Å². The normalized spacial score (nSPS) is 11.0. The van der Waals surface area contributed by atoms with Crippen LogP contribution in [0.5, 0.6) is 5.75 Å². The summed E-state index contributed by atoms with van der Waals surface area (Å²) < 4.78 is 25.3. The summed E-state index contributed by atoms with van der Waals surface area (Å²) in [6, 6.07) is 13.3. The SMILES string of the molecule is O=c1c(OCCCCCCBr)c(-c2ccccc2)oc2ccc(F)cc12. The molecular formula is C21H20BrFO3. The summed E-state index contributed by atoms with van der Waals surface area (Å²) in [7, 11) is 0. The fourth-order valence-electron chi connectivity index (χ4n) is 2.79. The van der Waals surface area contributed by atoms with Gasteiger partial charge in [-0.3, -0.25) is 4.79 Å². The van der Waals surface area contributed by atoms with E-state index in [2.05, 4.69) is 15.9 Å². The third kappa shape index (κ3) is 4.33. The largest absolute Gasteiger partial charge is 0.486 e. The Morgan fingerprint density at radius 3 is 2.54 bits per heavy atom. The summed E-state index contributed by atoms with van der Waals surface area (Å²) in [4.78, 5) is 12.9. The minimum Gasteiger partial charge on any atom is -0.486 e. The van der Waals surface area contributed by atoms with Crippen LogP contribution in [0, 0.1) is 5.82 Å². The van der Waals surface area contributed by atoms with Crippen molar-refractivity contribution in [1.82, 2.24) is 0 Å². The van der Waals surface area contributed by atoms with Crippen molar-refractivity contribution in [2.24, 2.45) is 0 Å². The molecule has 0 atom stereocenters. The van der Waals surface area contributed by atoms with Crippen molar-refractivity contribution in [3.63, 3.8) is 0 Å². The molecule has 136 valence electrons. The fraction of sp³-hybridized carbons (Fsp3) is 0.286. The van der Waals surface area contributed by atoms with Gasteiger partial charge in [0.25, 0.3) is 0 Å². The Morgan fingerprint density at radius 2 is 1.77 bits per heavy atom.